The number of halogens is 4. The molecule has 182 valence electrons. The van der Waals surface area contributed by atoms with E-state index in [2.05, 4.69) is 5.32 Å². The van der Waals surface area contributed by atoms with E-state index in [0.717, 1.165) is 6.08 Å². The van der Waals surface area contributed by atoms with Crippen LogP contribution in [-0.4, -0.2) is 56.3 Å². The van der Waals surface area contributed by atoms with Gasteiger partial charge in [-0.1, -0.05) is 26.0 Å². The molecule has 0 bridgehead atoms. The van der Waals surface area contributed by atoms with Gasteiger partial charge in [0.25, 0.3) is 0 Å². The number of nitrogens with one attached hydrogen (secondary N) is 1. The molecule has 3 N–H and O–H groups in total. The van der Waals surface area contributed by atoms with Crippen molar-refractivity contribution in [3.05, 3.63) is 47.2 Å². The van der Waals surface area contributed by atoms with E-state index < -0.39 is 35.7 Å². The first-order valence-corrected chi connectivity index (χ1v) is 10.8. The number of carbonyl (C=O) groups is 1. The molecular weight excluding hydrogens is 444 g/mol. The Morgan fingerprint density at radius 2 is 1.82 bits per heavy atom. The minimum atomic E-state index is -4.62. The molecule has 2 unspecified atom stereocenters. The summed E-state index contributed by atoms with van der Waals surface area (Å²) in [5.74, 6) is -0.392. The van der Waals surface area contributed by atoms with E-state index in [1.54, 1.807) is 13.8 Å². The van der Waals surface area contributed by atoms with Crippen LogP contribution in [0.15, 0.2) is 41.6 Å². The second-order valence-corrected chi connectivity index (χ2v) is 8.04. The average Bonchev–Trinajstić information content (AvgIpc) is 2.81. The van der Waals surface area contributed by atoms with Gasteiger partial charge in [0.05, 0.1) is 13.2 Å². The average molecular weight is 472 g/mol. The summed E-state index contributed by atoms with van der Waals surface area (Å²) in [4.78, 5) is 11.4. The third kappa shape index (κ3) is 5.86. The summed E-state index contributed by atoms with van der Waals surface area (Å²) in [7, 11) is 0. The molecule has 1 saturated heterocycles. The Morgan fingerprint density at radius 1 is 1.15 bits per heavy atom. The molecule has 33 heavy (non-hydrogen) atoms. The van der Waals surface area contributed by atoms with Gasteiger partial charge in [-0.15, -0.1) is 0 Å². The fourth-order valence-corrected chi connectivity index (χ4v) is 3.82. The predicted octanol–water partition coefficient (Wildman–Crippen LogP) is 3.67. The van der Waals surface area contributed by atoms with E-state index in [0.29, 0.717) is 18.6 Å². The molecule has 0 spiro atoms. The molecule has 0 saturated carbocycles. The number of primary amides is 1. The smallest absolute Gasteiger partial charge is 0.431 e. The van der Waals surface area contributed by atoms with E-state index in [-0.39, 0.29) is 43.1 Å². The van der Waals surface area contributed by atoms with Crippen molar-refractivity contribution in [1.29, 1.82) is 0 Å². The molecule has 3 rings (SSSR count). The lowest BCUT2D eigenvalue weighted by atomic mass is 9.92. The molecular formula is C23H28F4N2O4. The number of alkyl halides is 4. The number of allylic oxidation sites excluding steroid dienone is 3. The van der Waals surface area contributed by atoms with Crippen LogP contribution in [-0.2, 0) is 14.3 Å². The van der Waals surface area contributed by atoms with Gasteiger partial charge < -0.3 is 25.3 Å². The Kier molecular flexibility index (Phi) is 7.69. The lowest BCUT2D eigenvalue weighted by molar-refractivity contribution is -0.193. The van der Waals surface area contributed by atoms with Crippen molar-refractivity contribution in [3.63, 3.8) is 0 Å². The van der Waals surface area contributed by atoms with Crippen molar-refractivity contribution >= 4 is 11.5 Å². The summed E-state index contributed by atoms with van der Waals surface area (Å²) in [5.41, 5.74) is 2.92. The monoisotopic (exact) mass is 472 g/mol. The molecule has 1 fully saturated rings. The standard InChI is InChI=1S/C23H28F4N2O4/c1-3-22(24,4-2)19-13-31-11-17(33-19)12-32-16-7-5-14(6-8-16)18-9-15(21(28)30)10-29-20(18)23(25,26)27/h5-9,17,19,29H,3-4,10-13H2,1-2H3,(H2,28,30). The molecule has 6 nitrogen and oxygen atoms in total. The van der Waals surface area contributed by atoms with Crippen molar-refractivity contribution < 1.29 is 36.6 Å². The molecule has 1 aromatic carbocycles. The lowest BCUT2D eigenvalue weighted by Gasteiger charge is -2.38. The molecule has 2 aliphatic heterocycles. The molecule has 0 radical (unpaired) electrons. The van der Waals surface area contributed by atoms with Crippen molar-refractivity contribution in [2.75, 3.05) is 26.4 Å². The quantitative estimate of drug-likeness (QED) is 0.565. The van der Waals surface area contributed by atoms with Crippen LogP contribution in [0.25, 0.3) is 5.57 Å². The van der Waals surface area contributed by atoms with Crippen LogP contribution < -0.4 is 15.8 Å². The topological polar surface area (TPSA) is 82.8 Å². The highest BCUT2D eigenvalue weighted by atomic mass is 19.4. The molecule has 2 atom stereocenters. The molecule has 1 amide bonds. The van der Waals surface area contributed by atoms with Crippen LogP contribution in [0, 0.1) is 0 Å². The van der Waals surface area contributed by atoms with Crippen molar-refractivity contribution in [3.8, 4) is 5.75 Å². The number of carbonyl (C=O) groups excluding carboxylic acids is 1. The zero-order valence-electron chi connectivity index (χ0n) is 18.5. The first-order valence-electron chi connectivity index (χ1n) is 10.8. The number of amides is 1. The first-order chi connectivity index (χ1) is 15.6. The van der Waals surface area contributed by atoms with Gasteiger partial charge >= 0.3 is 6.18 Å². The Morgan fingerprint density at radius 3 is 2.39 bits per heavy atom. The number of dihydropyridines is 1. The van der Waals surface area contributed by atoms with Gasteiger partial charge in [0.2, 0.25) is 5.91 Å². The third-order valence-electron chi connectivity index (χ3n) is 5.93. The summed E-state index contributed by atoms with van der Waals surface area (Å²) in [5, 5.41) is 2.24. The molecule has 0 aromatic heterocycles. The van der Waals surface area contributed by atoms with Gasteiger partial charge in [-0.05, 0) is 36.6 Å². The van der Waals surface area contributed by atoms with Gasteiger partial charge in [0, 0.05) is 17.7 Å². The van der Waals surface area contributed by atoms with E-state index in [4.69, 9.17) is 19.9 Å². The van der Waals surface area contributed by atoms with Crippen molar-refractivity contribution in [2.24, 2.45) is 5.73 Å². The maximum atomic E-state index is 14.9. The number of nitrogens with two attached hydrogens (primary N) is 1. The minimum Gasteiger partial charge on any atom is -0.491 e. The fourth-order valence-electron chi connectivity index (χ4n) is 3.82. The van der Waals surface area contributed by atoms with Crippen LogP contribution in [0.1, 0.15) is 32.3 Å². The summed E-state index contributed by atoms with van der Waals surface area (Å²) in [6.07, 6.45) is -4.02. The third-order valence-corrected chi connectivity index (χ3v) is 5.93. The van der Waals surface area contributed by atoms with E-state index >= 15 is 0 Å². The Labute approximate surface area is 189 Å². The number of benzene rings is 1. The van der Waals surface area contributed by atoms with Crippen molar-refractivity contribution in [1.82, 2.24) is 5.32 Å². The number of ether oxygens (including phenoxy) is 3. The van der Waals surface area contributed by atoms with E-state index in [1.165, 1.54) is 24.3 Å². The largest absolute Gasteiger partial charge is 0.491 e. The Bertz CT molecular complexity index is 908. The predicted molar refractivity (Wildman–Crippen MR) is 114 cm³/mol. The van der Waals surface area contributed by atoms with Gasteiger partial charge in [-0.3, -0.25) is 4.79 Å². The Hall–Kier alpha value is -2.59. The second kappa shape index (κ2) is 10.1. The van der Waals surface area contributed by atoms with Gasteiger partial charge in [-0.2, -0.15) is 13.2 Å². The van der Waals surface area contributed by atoms with Crippen LogP contribution in [0.5, 0.6) is 5.75 Å². The minimum absolute atomic E-state index is 0.0467. The van der Waals surface area contributed by atoms with Crippen molar-refractivity contribution in [2.45, 2.75) is 50.7 Å². The maximum Gasteiger partial charge on any atom is 0.431 e. The van der Waals surface area contributed by atoms with E-state index in [9.17, 15) is 22.4 Å². The summed E-state index contributed by atoms with van der Waals surface area (Å²) in [6, 6.07) is 5.95. The normalized spacial score (nSPS) is 21.9. The highest BCUT2D eigenvalue weighted by Crippen LogP contribution is 2.35. The maximum absolute atomic E-state index is 14.9. The zero-order valence-corrected chi connectivity index (χ0v) is 18.5. The highest BCUT2D eigenvalue weighted by Gasteiger charge is 2.41. The molecule has 2 aliphatic rings. The molecule has 1 aromatic rings. The van der Waals surface area contributed by atoms with Crippen LogP contribution in [0.4, 0.5) is 17.6 Å². The number of hydrogen-bond donors (Lipinski definition) is 2. The van der Waals surface area contributed by atoms with Gasteiger partial charge in [0.15, 0.2) is 0 Å². The first kappa shape index (κ1) is 25.0. The van der Waals surface area contributed by atoms with Gasteiger partial charge in [-0.25, -0.2) is 4.39 Å². The fraction of sp³-hybridized carbons (Fsp3) is 0.522. The van der Waals surface area contributed by atoms with Crippen LogP contribution in [0.3, 0.4) is 0 Å². The number of rotatable bonds is 8. The molecule has 10 heteroatoms. The van der Waals surface area contributed by atoms with Crippen LogP contribution >= 0.6 is 0 Å². The molecule has 2 heterocycles. The van der Waals surface area contributed by atoms with Gasteiger partial charge in [0.1, 0.15) is 35.9 Å². The van der Waals surface area contributed by atoms with Crippen LogP contribution in [0.2, 0.25) is 0 Å². The highest BCUT2D eigenvalue weighted by molar-refractivity contribution is 5.97. The summed E-state index contributed by atoms with van der Waals surface area (Å²) >= 11 is 0. The SMILES string of the molecule is CCC(F)(CC)C1COCC(COc2ccc(C3=C(C(F)(F)F)NCC(C(N)=O)=C3)cc2)O1. The summed E-state index contributed by atoms with van der Waals surface area (Å²) in [6.45, 7) is 3.76. The Balaban J connectivity index is 1.70. The zero-order chi connectivity index (χ0) is 24.2. The molecule has 0 aliphatic carbocycles. The van der Waals surface area contributed by atoms with E-state index in [1.807, 2.05) is 0 Å². The lowest BCUT2D eigenvalue weighted by Crippen LogP contribution is -2.50. The second-order valence-electron chi connectivity index (χ2n) is 8.04. The summed E-state index contributed by atoms with van der Waals surface area (Å²) < 4.78 is 72.3. The number of hydrogen-bond acceptors (Lipinski definition) is 5.